The van der Waals surface area contributed by atoms with Crippen LogP contribution in [0.2, 0.25) is 0 Å². The van der Waals surface area contributed by atoms with Gasteiger partial charge in [0, 0.05) is 12.3 Å². The van der Waals surface area contributed by atoms with E-state index in [1.807, 2.05) is 6.92 Å². The molecule has 0 saturated carbocycles. The fraction of sp³-hybridized carbons (Fsp3) is 1.00. The summed E-state index contributed by atoms with van der Waals surface area (Å²) in [6, 6.07) is 0. The monoisotopic (exact) mass is 332 g/mol. The van der Waals surface area contributed by atoms with Crippen molar-refractivity contribution >= 4 is 0 Å². The largest absolute Gasteiger partial charge is 0.376 e. The second kappa shape index (κ2) is 11.4. The number of ether oxygens (including phenoxy) is 3. The fourth-order valence-electron chi connectivity index (χ4n) is 2.64. The number of rotatable bonds is 12. The van der Waals surface area contributed by atoms with Crippen molar-refractivity contribution in [1.29, 1.82) is 0 Å². The lowest BCUT2D eigenvalue weighted by molar-refractivity contribution is -0.208. The maximum atomic E-state index is 9.89. The Balaban J connectivity index is 0.000000248. The Hall–Kier alpha value is -0.200. The first-order valence-corrected chi connectivity index (χ1v) is 9.29. The first-order chi connectivity index (χ1) is 11.0. The van der Waals surface area contributed by atoms with Crippen LogP contribution in [-0.2, 0) is 14.2 Å². The van der Waals surface area contributed by atoms with Gasteiger partial charge in [0.25, 0.3) is 0 Å². The normalized spacial score (nSPS) is 23.9. The van der Waals surface area contributed by atoms with E-state index in [-0.39, 0.29) is 5.92 Å². The van der Waals surface area contributed by atoms with E-state index in [1.165, 1.54) is 0 Å². The smallest absolute Gasteiger partial charge is 0.165 e. The quantitative estimate of drug-likeness (QED) is 0.424. The van der Waals surface area contributed by atoms with E-state index in [9.17, 15) is 10.2 Å². The molecule has 3 atom stereocenters. The molecule has 2 aliphatic heterocycles. The van der Waals surface area contributed by atoms with Crippen LogP contribution in [0.15, 0.2) is 0 Å². The Morgan fingerprint density at radius 2 is 1.52 bits per heavy atom. The van der Waals surface area contributed by atoms with E-state index in [1.54, 1.807) is 0 Å². The summed E-state index contributed by atoms with van der Waals surface area (Å²) in [6.45, 7) is 9.49. The molecule has 0 aromatic heterocycles. The summed E-state index contributed by atoms with van der Waals surface area (Å²) in [6.07, 6.45) is 7.23. The van der Waals surface area contributed by atoms with Gasteiger partial charge in [-0.25, -0.2) is 0 Å². The zero-order valence-corrected chi connectivity index (χ0v) is 15.1. The number of aliphatic hydroxyl groups is 2. The van der Waals surface area contributed by atoms with Gasteiger partial charge in [-0.3, -0.25) is 0 Å². The van der Waals surface area contributed by atoms with Crippen molar-refractivity contribution in [3.05, 3.63) is 0 Å². The first-order valence-electron chi connectivity index (χ1n) is 9.29. The molecule has 0 aromatic carbocycles. The molecule has 0 aromatic rings. The number of unbranched alkanes of at least 4 members (excludes halogenated alkanes) is 1. The van der Waals surface area contributed by atoms with Crippen molar-refractivity contribution in [2.75, 3.05) is 26.4 Å². The lowest BCUT2D eigenvalue weighted by Gasteiger charge is -2.31. The highest BCUT2D eigenvalue weighted by atomic mass is 16.6. The van der Waals surface area contributed by atoms with Gasteiger partial charge in [0.15, 0.2) is 5.79 Å². The van der Waals surface area contributed by atoms with E-state index in [0.717, 1.165) is 65.0 Å². The van der Waals surface area contributed by atoms with Crippen molar-refractivity contribution in [2.24, 2.45) is 5.92 Å². The fourth-order valence-corrected chi connectivity index (χ4v) is 2.64. The lowest BCUT2D eigenvalue weighted by atomic mass is 9.86. The standard InChI is InChI=1S/C12H26O2.C6H10O3/c1-4-7-9-11(8-5-2)12(13,14)10-6-3;1(5-3-8-5)7-2-6-4-9-6/h11,13-14H,4-10H2,1-3H3;5-6H,1-4H2. The van der Waals surface area contributed by atoms with Crippen LogP contribution >= 0.6 is 0 Å². The highest BCUT2D eigenvalue weighted by Gasteiger charge is 2.31. The Bertz CT molecular complexity index is 275. The van der Waals surface area contributed by atoms with Crippen LogP contribution in [0.4, 0.5) is 0 Å². The topological polar surface area (TPSA) is 74.8 Å². The van der Waals surface area contributed by atoms with E-state index >= 15 is 0 Å². The van der Waals surface area contributed by atoms with Gasteiger partial charge in [0.05, 0.1) is 26.4 Å². The van der Waals surface area contributed by atoms with Gasteiger partial charge in [-0.1, -0.05) is 46.5 Å². The molecule has 0 spiro atoms. The summed E-state index contributed by atoms with van der Waals surface area (Å²) in [4.78, 5) is 0. The summed E-state index contributed by atoms with van der Waals surface area (Å²) in [5.41, 5.74) is 0. The molecule has 2 N–H and O–H groups in total. The first kappa shape index (κ1) is 20.8. The molecule has 5 nitrogen and oxygen atoms in total. The minimum atomic E-state index is -1.43. The minimum absolute atomic E-state index is 0.0624. The van der Waals surface area contributed by atoms with E-state index < -0.39 is 5.79 Å². The van der Waals surface area contributed by atoms with E-state index in [2.05, 4.69) is 13.8 Å². The van der Waals surface area contributed by atoms with Gasteiger partial charge < -0.3 is 24.4 Å². The predicted molar refractivity (Wildman–Crippen MR) is 90.3 cm³/mol. The average molecular weight is 332 g/mol. The van der Waals surface area contributed by atoms with Gasteiger partial charge >= 0.3 is 0 Å². The molecule has 2 fully saturated rings. The zero-order chi connectivity index (χ0) is 17.1. The summed E-state index contributed by atoms with van der Waals surface area (Å²) in [5.74, 6) is -1.37. The minimum Gasteiger partial charge on any atom is -0.376 e. The third-order valence-electron chi connectivity index (χ3n) is 4.23. The average Bonchev–Trinajstić information content (AvgIpc) is 3.38. The zero-order valence-electron chi connectivity index (χ0n) is 15.1. The second-order valence-corrected chi connectivity index (χ2v) is 6.70. The van der Waals surface area contributed by atoms with Crippen molar-refractivity contribution in [3.8, 4) is 0 Å². The van der Waals surface area contributed by atoms with Gasteiger partial charge in [-0.15, -0.1) is 0 Å². The van der Waals surface area contributed by atoms with Gasteiger partial charge in [0.2, 0.25) is 0 Å². The number of hydrogen-bond donors (Lipinski definition) is 2. The van der Waals surface area contributed by atoms with Gasteiger partial charge in [-0.2, -0.15) is 0 Å². The summed E-state index contributed by atoms with van der Waals surface area (Å²) in [7, 11) is 0. The molecule has 3 unspecified atom stereocenters. The van der Waals surface area contributed by atoms with E-state index in [4.69, 9.17) is 14.2 Å². The third-order valence-corrected chi connectivity index (χ3v) is 4.23. The van der Waals surface area contributed by atoms with Crippen LogP contribution in [0, 0.1) is 5.92 Å². The third kappa shape index (κ3) is 10.3. The van der Waals surface area contributed by atoms with E-state index in [0.29, 0.717) is 18.6 Å². The molecule has 0 amide bonds. The second-order valence-electron chi connectivity index (χ2n) is 6.70. The predicted octanol–water partition coefficient (Wildman–Crippen LogP) is 2.87. The van der Waals surface area contributed by atoms with Crippen molar-refractivity contribution in [1.82, 2.24) is 0 Å². The highest BCUT2D eigenvalue weighted by molar-refractivity contribution is 4.75. The van der Waals surface area contributed by atoms with Crippen LogP contribution in [0.5, 0.6) is 0 Å². The molecule has 138 valence electrons. The SMILES string of the molecule is C(OCC1CO1)C1CO1.CCCCC(CCC)C(O)(O)CCC. The summed E-state index contributed by atoms with van der Waals surface area (Å²) in [5, 5.41) is 19.8. The molecule has 2 heterocycles. The van der Waals surface area contributed by atoms with Gasteiger partial charge in [-0.05, 0) is 12.8 Å². The molecule has 0 radical (unpaired) electrons. The van der Waals surface area contributed by atoms with Crippen LogP contribution in [0.25, 0.3) is 0 Å². The van der Waals surface area contributed by atoms with Crippen molar-refractivity contribution in [3.63, 3.8) is 0 Å². The summed E-state index contributed by atoms with van der Waals surface area (Å²) < 4.78 is 15.1. The Kier molecular flexibility index (Phi) is 10.3. The molecule has 0 bridgehead atoms. The molecule has 2 aliphatic rings. The maximum Gasteiger partial charge on any atom is 0.165 e. The molecule has 2 saturated heterocycles. The van der Waals surface area contributed by atoms with Crippen LogP contribution in [0.3, 0.4) is 0 Å². The Morgan fingerprint density at radius 1 is 0.957 bits per heavy atom. The van der Waals surface area contributed by atoms with Crippen LogP contribution in [-0.4, -0.2) is 54.6 Å². The number of hydrogen-bond acceptors (Lipinski definition) is 5. The molecule has 2 rings (SSSR count). The van der Waals surface area contributed by atoms with Crippen LogP contribution in [0.1, 0.15) is 65.7 Å². The van der Waals surface area contributed by atoms with Crippen molar-refractivity contribution in [2.45, 2.75) is 83.7 Å². The summed E-state index contributed by atoms with van der Waals surface area (Å²) >= 11 is 0. The number of epoxide rings is 2. The molecular formula is C18H36O5. The molecule has 23 heavy (non-hydrogen) atoms. The lowest BCUT2D eigenvalue weighted by Crippen LogP contribution is -2.37. The van der Waals surface area contributed by atoms with Crippen molar-refractivity contribution < 1.29 is 24.4 Å². The Morgan fingerprint density at radius 3 is 1.91 bits per heavy atom. The molecular weight excluding hydrogens is 296 g/mol. The van der Waals surface area contributed by atoms with Crippen LogP contribution < -0.4 is 0 Å². The molecule has 0 aliphatic carbocycles. The Labute approximate surface area is 141 Å². The molecule has 5 heteroatoms. The maximum absolute atomic E-state index is 9.89. The highest BCUT2D eigenvalue weighted by Crippen LogP contribution is 2.29. The van der Waals surface area contributed by atoms with Gasteiger partial charge in [0.1, 0.15) is 12.2 Å².